The predicted octanol–water partition coefficient (Wildman–Crippen LogP) is 4.92. The van der Waals surface area contributed by atoms with Crippen molar-refractivity contribution in [2.45, 2.75) is 6.92 Å². The van der Waals surface area contributed by atoms with Crippen LogP contribution in [-0.2, 0) is 9.59 Å². The Kier molecular flexibility index (Phi) is 6.65. The van der Waals surface area contributed by atoms with Gasteiger partial charge in [0.15, 0.2) is 11.5 Å². The maximum Gasteiger partial charge on any atom is 0.294 e. The molecule has 0 aliphatic carbocycles. The molecule has 0 aromatic heterocycles. The standard InChI is InChI=1S/C25H22N2O5S/c1-3-32-23-17(10-7-13-20(23)31-2)14-21-24(29)27(25(30)33-21)15-22(28)26-19-12-6-9-16-8-4-5-11-18(16)19/h4-14H,3,15H2,1-2H3,(H,26,28)/b21-14+. The molecule has 0 atom stereocenters. The van der Waals surface area contributed by atoms with Crippen molar-refractivity contribution in [3.8, 4) is 11.5 Å². The van der Waals surface area contributed by atoms with E-state index in [0.717, 1.165) is 27.4 Å². The normalized spacial score (nSPS) is 14.7. The number of ether oxygens (including phenoxy) is 2. The first-order valence-corrected chi connectivity index (χ1v) is 11.2. The van der Waals surface area contributed by atoms with Crippen molar-refractivity contribution in [3.63, 3.8) is 0 Å². The van der Waals surface area contributed by atoms with Gasteiger partial charge in [0, 0.05) is 16.6 Å². The zero-order chi connectivity index (χ0) is 23.4. The molecule has 1 aliphatic heterocycles. The van der Waals surface area contributed by atoms with E-state index in [-0.39, 0.29) is 11.4 Å². The van der Waals surface area contributed by atoms with Crippen molar-refractivity contribution in [1.29, 1.82) is 0 Å². The quantitative estimate of drug-likeness (QED) is 0.502. The van der Waals surface area contributed by atoms with Crippen LogP contribution >= 0.6 is 11.8 Å². The monoisotopic (exact) mass is 462 g/mol. The number of imide groups is 1. The van der Waals surface area contributed by atoms with Gasteiger partial charge in [-0.05, 0) is 42.3 Å². The Hall–Kier alpha value is -3.78. The SMILES string of the molecule is CCOc1c(/C=C2/SC(=O)N(CC(=O)Nc3cccc4ccccc34)C2=O)cccc1OC. The number of hydrogen-bond acceptors (Lipinski definition) is 6. The number of nitrogens with zero attached hydrogens (tertiary/aromatic N) is 1. The largest absolute Gasteiger partial charge is 0.493 e. The van der Waals surface area contributed by atoms with Crippen LogP contribution in [0.1, 0.15) is 12.5 Å². The molecule has 1 fully saturated rings. The number of rotatable bonds is 7. The molecule has 7 nitrogen and oxygen atoms in total. The van der Waals surface area contributed by atoms with E-state index in [1.807, 2.05) is 43.3 Å². The average molecular weight is 463 g/mol. The summed E-state index contributed by atoms with van der Waals surface area (Å²) in [5.74, 6) is 0.0388. The molecule has 0 radical (unpaired) electrons. The van der Waals surface area contributed by atoms with E-state index in [1.54, 1.807) is 30.3 Å². The van der Waals surface area contributed by atoms with Crippen LogP contribution in [0.15, 0.2) is 65.6 Å². The number of methoxy groups -OCH3 is 1. The molecule has 33 heavy (non-hydrogen) atoms. The summed E-state index contributed by atoms with van der Waals surface area (Å²) < 4.78 is 11.0. The molecule has 3 amide bonds. The number of carbonyl (C=O) groups is 3. The first-order chi connectivity index (χ1) is 16.0. The third kappa shape index (κ3) is 4.70. The van der Waals surface area contributed by atoms with Crippen LogP contribution < -0.4 is 14.8 Å². The van der Waals surface area contributed by atoms with Gasteiger partial charge in [-0.1, -0.05) is 48.5 Å². The van der Waals surface area contributed by atoms with Gasteiger partial charge in [0.2, 0.25) is 5.91 Å². The summed E-state index contributed by atoms with van der Waals surface area (Å²) in [5, 5.41) is 4.17. The lowest BCUT2D eigenvalue weighted by atomic mass is 10.1. The van der Waals surface area contributed by atoms with E-state index in [1.165, 1.54) is 7.11 Å². The van der Waals surface area contributed by atoms with Crippen LogP contribution in [0.2, 0.25) is 0 Å². The second kappa shape index (κ2) is 9.79. The van der Waals surface area contributed by atoms with Gasteiger partial charge < -0.3 is 14.8 Å². The zero-order valence-electron chi connectivity index (χ0n) is 18.2. The number of nitrogens with one attached hydrogen (secondary N) is 1. The summed E-state index contributed by atoms with van der Waals surface area (Å²) in [4.78, 5) is 39.2. The molecular weight excluding hydrogens is 440 g/mol. The zero-order valence-corrected chi connectivity index (χ0v) is 19.0. The van der Waals surface area contributed by atoms with Crippen LogP contribution in [0.4, 0.5) is 10.5 Å². The fraction of sp³-hybridized carbons (Fsp3) is 0.160. The Balaban J connectivity index is 1.52. The Labute approximate surface area is 195 Å². The van der Waals surface area contributed by atoms with Crippen molar-refractivity contribution in [2.24, 2.45) is 0 Å². The van der Waals surface area contributed by atoms with Gasteiger partial charge >= 0.3 is 0 Å². The smallest absolute Gasteiger partial charge is 0.294 e. The maximum atomic E-state index is 12.9. The van der Waals surface area contributed by atoms with E-state index in [2.05, 4.69) is 5.32 Å². The molecule has 3 aromatic carbocycles. The van der Waals surface area contributed by atoms with Crippen LogP contribution in [0.3, 0.4) is 0 Å². The molecule has 168 valence electrons. The number of amides is 3. The van der Waals surface area contributed by atoms with E-state index < -0.39 is 17.1 Å². The molecule has 1 heterocycles. The molecule has 3 aromatic rings. The number of para-hydroxylation sites is 1. The highest BCUT2D eigenvalue weighted by Gasteiger charge is 2.36. The summed E-state index contributed by atoms with van der Waals surface area (Å²) in [6, 6.07) is 18.5. The van der Waals surface area contributed by atoms with Crippen molar-refractivity contribution < 1.29 is 23.9 Å². The Morgan fingerprint density at radius 1 is 1.06 bits per heavy atom. The summed E-state index contributed by atoms with van der Waals surface area (Å²) in [7, 11) is 1.53. The van der Waals surface area contributed by atoms with Crippen LogP contribution in [0.5, 0.6) is 11.5 Å². The van der Waals surface area contributed by atoms with Gasteiger partial charge in [0.1, 0.15) is 6.54 Å². The lowest BCUT2D eigenvalue weighted by molar-refractivity contribution is -0.127. The first-order valence-electron chi connectivity index (χ1n) is 10.3. The molecule has 1 aliphatic rings. The Bertz CT molecular complexity index is 1270. The van der Waals surface area contributed by atoms with Gasteiger partial charge in [-0.15, -0.1) is 0 Å². The van der Waals surface area contributed by atoms with Crippen LogP contribution in [-0.4, -0.2) is 42.2 Å². The average Bonchev–Trinajstić information content (AvgIpc) is 3.07. The van der Waals surface area contributed by atoms with Crippen LogP contribution in [0.25, 0.3) is 16.8 Å². The lowest BCUT2D eigenvalue weighted by Gasteiger charge is -2.14. The summed E-state index contributed by atoms with van der Waals surface area (Å²) in [6.07, 6.45) is 1.58. The third-order valence-electron chi connectivity index (χ3n) is 5.04. The van der Waals surface area contributed by atoms with Gasteiger partial charge in [0.25, 0.3) is 11.1 Å². The Morgan fingerprint density at radius 3 is 2.61 bits per heavy atom. The van der Waals surface area contributed by atoms with E-state index in [0.29, 0.717) is 29.4 Å². The molecule has 0 unspecified atom stereocenters. The molecule has 0 saturated carbocycles. The second-order valence-corrected chi connectivity index (χ2v) is 8.15. The summed E-state index contributed by atoms with van der Waals surface area (Å²) >= 11 is 0.790. The number of carbonyl (C=O) groups excluding carboxylic acids is 3. The minimum absolute atomic E-state index is 0.215. The number of fused-ring (bicyclic) bond motifs is 1. The van der Waals surface area contributed by atoms with Crippen LogP contribution in [0, 0.1) is 0 Å². The number of anilines is 1. The van der Waals surface area contributed by atoms with E-state index in [4.69, 9.17) is 9.47 Å². The van der Waals surface area contributed by atoms with Crippen molar-refractivity contribution in [2.75, 3.05) is 25.6 Å². The first kappa shape index (κ1) is 22.4. The van der Waals surface area contributed by atoms with Crippen molar-refractivity contribution in [3.05, 3.63) is 71.1 Å². The van der Waals surface area contributed by atoms with Crippen molar-refractivity contribution >= 4 is 51.4 Å². The fourth-order valence-electron chi connectivity index (χ4n) is 3.55. The molecular formula is C25H22N2O5S. The summed E-state index contributed by atoms with van der Waals surface area (Å²) in [5.41, 5.74) is 1.24. The number of benzene rings is 3. The number of thioether (sulfide) groups is 1. The minimum Gasteiger partial charge on any atom is -0.493 e. The minimum atomic E-state index is -0.525. The highest BCUT2D eigenvalue weighted by molar-refractivity contribution is 8.18. The number of hydrogen-bond donors (Lipinski definition) is 1. The molecule has 0 bridgehead atoms. The Morgan fingerprint density at radius 2 is 1.82 bits per heavy atom. The molecule has 8 heteroatoms. The summed E-state index contributed by atoms with van der Waals surface area (Å²) in [6.45, 7) is 1.89. The second-order valence-electron chi connectivity index (χ2n) is 7.15. The van der Waals surface area contributed by atoms with E-state index in [9.17, 15) is 14.4 Å². The van der Waals surface area contributed by atoms with Gasteiger partial charge in [-0.3, -0.25) is 19.3 Å². The maximum absolute atomic E-state index is 12.9. The highest BCUT2D eigenvalue weighted by Crippen LogP contribution is 2.37. The third-order valence-corrected chi connectivity index (χ3v) is 5.95. The molecule has 1 saturated heterocycles. The highest BCUT2D eigenvalue weighted by atomic mass is 32.2. The van der Waals surface area contributed by atoms with Gasteiger partial charge in [0.05, 0.1) is 18.6 Å². The fourth-order valence-corrected chi connectivity index (χ4v) is 4.38. The predicted molar refractivity (Wildman–Crippen MR) is 129 cm³/mol. The molecule has 4 rings (SSSR count). The molecule has 0 spiro atoms. The molecule has 1 N–H and O–H groups in total. The van der Waals surface area contributed by atoms with Gasteiger partial charge in [-0.2, -0.15) is 0 Å². The van der Waals surface area contributed by atoms with E-state index >= 15 is 0 Å². The van der Waals surface area contributed by atoms with Crippen molar-refractivity contribution in [1.82, 2.24) is 4.90 Å². The topological polar surface area (TPSA) is 84.9 Å². The lowest BCUT2D eigenvalue weighted by Crippen LogP contribution is -2.36. The van der Waals surface area contributed by atoms with Gasteiger partial charge in [-0.25, -0.2) is 0 Å².